The molecule has 0 saturated carbocycles. The van der Waals surface area contributed by atoms with Crippen molar-refractivity contribution in [2.45, 2.75) is 6.54 Å². The molecule has 3 aromatic carbocycles. The van der Waals surface area contributed by atoms with E-state index in [2.05, 4.69) is 15.4 Å². The number of benzene rings is 3. The standard InChI is InChI=1S/C21H18N4O6S/c1-31-20-10-14(4-7-19(20)25(27)28)13-3-5-15-17(9-13)23-16-6-2-12(11-22-32(29)30)8-18(16)24-21(15)26/h2-10,23,32H,11H2,1H3,(H,24,26)(H,22,29,30). The molecule has 4 rings (SSSR count). The van der Waals surface area contributed by atoms with Gasteiger partial charge >= 0.3 is 5.69 Å². The fourth-order valence-electron chi connectivity index (χ4n) is 3.44. The Morgan fingerprint density at radius 1 is 0.969 bits per heavy atom. The van der Waals surface area contributed by atoms with Crippen LogP contribution in [0.15, 0.2) is 54.6 Å². The van der Waals surface area contributed by atoms with Crippen molar-refractivity contribution in [3.05, 3.63) is 75.8 Å². The Morgan fingerprint density at radius 2 is 1.72 bits per heavy atom. The van der Waals surface area contributed by atoms with Crippen molar-refractivity contribution in [3.8, 4) is 16.9 Å². The first-order chi connectivity index (χ1) is 15.4. The lowest BCUT2D eigenvalue weighted by Crippen LogP contribution is -2.12. The summed E-state index contributed by atoms with van der Waals surface area (Å²) in [7, 11) is -1.36. The normalized spacial score (nSPS) is 12.2. The van der Waals surface area contributed by atoms with Crippen LogP contribution in [0.3, 0.4) is 0 Å². The highest BCUT2D eigenvalue weighted by Crippen LogP contribution is 2.37. The summed E-state index contributed by atoms with van der Waals surface area (Å²) in [5, 5.41) is 17.2. The third-order valence-electron chi connectivity index (χ3n) is 4.99. The molecule has 3 aromatic rings. The molecule has 0 bridgehead atoms. The Labute approximate surface area is 184 Å². The number of rotatable bonds is 6. The number of thiol groups is 1. The van der Waals surface area contributed by atoms with Crippen molar-refractivity contribution in [1.29, 1.82) is 0 Å². The smallest absolute Gasteiger partial charge is 0.310 e. The summed E-state index contributed by atoms with van der Waals surface area (Å²) in [6, 6.07) is 15.0. The van der Waals surface area contributed by atoms with E-state index in [-0.39, 0.29) is 23.9 Å². The number of hydrogen-bond donors (Lipinski definition) is 4. The molecule has 0 aliphatic carbocycles. The summed E-state index contributed by atoms with van der Waals surface area (Å²) in [6.07, 6.45) is 0. The van der Waals surface area contributed by atoms with Gasteiger partial charge in [0.25, 0.3) is 5.91 Å². The zero-order valence-electron chi connectivity index (χ0n) is 16.7. The maximum absolute atomic E-state index is 12.8. The highest BCUT2D eigenvalue weighted by atomic mass is 32.2. The van der Waals surface area contributed by atoms with Crippen LogP contribution in [0.4, 0.5) is 22.7 Å². The van der Waals surface area contributed by atoms with Crippen molar-refractivity contribution < 1.29 is 22.9 Å². The Hall–Kier alpha value is -3.96. The average molecular weight is 454 g/mol. The number of ether oxygens (including phenoxy) is 1. The molecule has 0 atom stereocenters. The number of nitrogens with zero attached hydrogens (tertiary/aromatic N) is 1. The Kier molecular flexibility index (Phi) is 5.75. The lowest BCUT2D eigenvalue weighted by Gasteiger charge is -2.12. The molecule has 32 heavy (non-hydrogen) atoms. The summed E-state index contributed by atoms with van der Waals surface area (Å²) in [5.74, 6) is -0.182. The number of nitro benzene ring substituents is 1. The van der Waals surface area contributed by atoms with E-state index >= 15 is 0 Å². The number of anilines is 3. The second-order valence-electron chi connectivity index (χ2n) is 6.96. The summed E-state index contributed by atoms with van der Waals surface area (Å²) in [5.41, 5.74) is 4.12. The van der Waals surface area contributed by atoms with Crippen molar-refractivity contribution >= 4 is 39.5 Å². The van der Waals surface area contributed by atoms with Gasteiger partial charge in [-0.2, -0.15) is 0 Å². The first-order valence-corrected chi connectivity index (χ1v) is 10.6. The lowest BCUT2D eigenvalue weighted by atomic mass is 10.0. The number of nitrogens with one attached hydrogen (secondary N) is 3. The number of amides is 1. The molecule has 11 heteroatoms. The first kappa shape index (κ1) is 21.3. The molecule has 164 valence electrons. The number of nitro groups is 1. The van der Waals surface area contributed by atoms with Gasteiger partial charge in [-0.25, -0.2) is 13.1 Å². The van der Waals surface area contributed by atoms with Gasteiger partial charge in [0.05, 0.1) is 34.7 Å². The predicted molar refractivity (Wildman–Crippen MR) is 120 cm³/mol. The Balaban J connectivity index is 1.69. The van der Waals surface area contributed by atoms with Crippen molar-refractivity contribution in [1.82, 2.24) is 4.72 Å². The SMILES string of the molecule is COc1cc(-c2ccc3c(c2)Nc2ccc(CN[SH](=O)=O)cc2NC3=O)ccc1[N+](=O)[O-]. The predicted octanol–water partition coefficient (Wildman–Crippen LogP) is 3.20. The van der Waals surface area contributed by atoms with Crippen molar-refractivity contribution in [2.24, 2.45) is 0 Å². The Morgan fingerprint density at radius 3 is 2.44 bits per heavy atom. The van der Waals surface area contributed by atoms with Gasteiger partial charge in [-0.3, -0.25) is 14.9 Å². The number of hydrogen-bond acceptors (Lipinski definition) is 7. The molecule has 1 aliphatic heterocycles. The summed E-state index contributed by atoms with van der Waals surface area (Å²) < 4.78 is 29.0. The molecule has 10 nitrogen and oxygen atoms in total. The lowest BCUT2D eigenvalue weighted by molar-refractivity contribution is -0.385. The molecule has 0 unspecified atom stereocenters. The molecular weight excluding hydrogens is 436 g/mol. The van der Waals surface area contributed by atoms with E-state index in [4.69, 9.17) is 4.74 Å². The second-order valence-corrected chi connectivity index (χ2v) is 7.79. The van der Waals surface area contributed by atoms with Crippen LogP contribution in [-0.2, 0) is 17.4 Å². The summed E-state index contributed by atoms with van der Waals surface area (Å²) >= 11 is 0. The summed E-state index contributed by atoms with van der Waals surface area (Å²) in [4.78, 5) is 23.4. The van der Waals surface area contributed by atoms with Gasteiger partial charge in [0.2, 0.25) is 10.9 Å². The fraction of sp³-hybridized carbons (Fsp3) is 0.0952. The van der Waals surface area contributed by atoms with Gasteiger partial charge < -0.3 is 15.4 Å². The van der Waals surface area contributed by atoms with Gasteiger partial charge in [0.15, 0.2) is 5.75 Å². The topological polar surface area (TPSA) is 140 Å². The third-order valence-corrected chi connectivity index (χ3v) is 5.40. The zero-order valence-corrected chi connectivity index (χ0v) is 17.6. The molecular formula is C21H18N4O6S. The quantitative estimate of drug-likeness (QED) is 0.255. The minimum atomic E-state index is -2.72. The van der Waals surface area contributed by atoms with Gasteiger partial charge in [0.1, 0.15) is 0 Å². The molecule has 1 heterocycles. The number of fused-ring (bicyclic) bond motifs is 2. The molecule has 3 N–H and O–H groups in total. The highest BCUT2D eigenvalue weighted by molar-refractivity contribution is 7.70. The molecule has 0 radical (unpaired) electrons. The van der Waals surface area contributed by atoms with Crippen LogP contribution in [0.1, 0.15) is 15.9 Å². The van der Waals surface area contributed by atoms with Crippen LogP contribution in [0.5, 0.6) is 5.75 Å². The maximum atomic E-state index is 12.8. The van der Waals surface area contributed by atoms with Crippen molar-refractivity contribution in [2.75, 3.05) is 17.7 Å². The van der Waals surface area contributed by atoms with Gasteiger partial charge in [0, 0.05) is 12.6 Å². The molecule has 1 aliphatic rings. The fourth-order valence-corrected chi connectivity index (χ4v) is 3.75. The van der Waals surface area contributed by atoms with Crippen LogP contribution in [0, 0.1) is 10.1 Å². The molecule has 0 spiro atoms. The van der Waals surface area contributed by atoms with Crippen LogP contribution < -0.4 is 20.1 Å². The maximum Gasteiger partial charge on any atom is 0.310 e. The summed E-state index contributed by atoms with van der Waals surface area (Å²) in [6.45, 7) is 0.112. The average Bonchev–Trinajstić information content (AvgIpc) is 2.91. The molecule has 0 saturated heterocycles. The number of carbonyl (C=O) groups excluding carboxylic acids is 1. The van der Waals surface area contributed by atoms with E-state index < -0.39 is 15.8 Å². The van der Waals surface area contributed by atoms with Gasteiger partial charge in [-0.1, -0.05) is 12.1 Å². The van der Waals surface area contributed by atoms with Crippen LogP contribution >= 0.6 is 0 Å². The molecule has 0 fully saturated rings. The Bertz CT molecular complexity index is 1310. The van der Waals surface area contributed by atoms with Crippen LogP contribution in [0.25, 0.3) is 11.1 Å². The van der Waals surface area contributed by atoms with Crippen LogP contribution in [-0.4, -0.2) is 26.4 Å². The third kappa shape index (κ3) is 4.24. The van der Waals surface area contributed by atoms with E-state index in [9.17, 15) is 23.3 Å². The number of carbonyl (C=O) groups is 1. The largest absolute Gasteiger partial charge is 0.490 e. The minimum Gasteiger partial charge on any atom is -0.490 e. The minimum absolute atomic E-state index is 0.112. The highest BCUT2D eigenvalue weighted by Gasteiger charge is 2.21. The van der Waals surface area contributed by atoms with E-state index in [1.807, 2.05) is 0 Å². The van der Waals surface area contributed by atoms with Crippen molar-refractivity contribution in [3.63, 3.8) is 0 Å². The van der Waals surface area contributed by atoms with Gasteiger partial charge in [-0.05, 0) is 53.1 Å². The monoisotopic (exact) mass is 454 g/mol. The second kappa shape index (κ2) is 8.65. The van der Waals surface area contributed by atoms with Gasteiger partial charge in [-0.15, -0.1) is 0 Å². The van der Waals surface area contributed by atoms with E-state index in [0.717, 1.165) is 5.56 Å². The number of methoxy groups -OCH3 is 1. The zero-order chi connectivity index (χ0) is 22.8. The molecule has 0 aromatic heterocycles. The van der Waals surface area contributed by atoms with Crippen LogP contribution in [0.2, 0.25) is 0 Å². The first-order valence-electron chi connectivity index (χ1n) is 9.42. The van der Waals surface area contributed by atoms with E-state index in [0.29, 0.717) is 33.8 Å². The van der Waals surface area contributed by atoms with E-state index in [1.165, 1.54) is 13.2 Å². The molecule has 1 amide bonds. The van der Waals surface area contributed by atoms with E-state index in [1.54, 1.807) is 48.5 Å².